The van der Waals surface area contributed by atoms with Gasteiger partial charge in [-0.3, -0.25) is 0 Å². The molecule has 0 radical (unpaired) electrons. The number of anilines is 1. The largest absolute Gasteiger partial charge is 0.457 e. The van der Waals surface area contributed by atoms with Crippen LogP contribution in [0.5, 0.6) is 0 Å². The summed E-state index contributed by atoms with van der Waals surface area (Å²) in [6.45, 7) is 10.6. The molecule has 0 heterocycles. The van der Waals surface area contributed by atoms with Gasteiger partial charge in [0.15, 0.2) is 0 Å². The van der Waals surface area contributed by atoms with E-state index in [-0.39, 0.29) is 5.70 Å². The Kier molecular flexibility index (Phi) is 5.96. The van der Waals surface area contributed by atoms with Crippen LogP contribution in [0.25, 0.3) is 0 Å². The highest BCUT2D eigenvalue weighted by molar-refractivity contribution is 5.99. The molecule has 0 aliphatic heterocycles. The number of ether oxygens (including phenoxy) is 2. The second-order valence-corrected chi connectivity index (χ2v) is 7.08. The third-order valence-electron chi connectivity index (χ3n) is 2.34. The fourth-order valence-corrected chi connectivity index (χ4v) is 1.61. The van der Waals surface area contributed by atoms with Crippen molar-refractivity contribution < 1.29 is 19.1 Å². The number of carbonyl (C=O) groups is 2. The molecule has 1 rings (SSSR count). The summed E-state index contributed by atoms with van der Waals surface area (Å²) in [4.78, 5) is 24.3. The number of hydrogen-bond donors (Lipinski definition) is 1. The van der Waals surface area contributed by atoms with Gasteiger partial charge in [-0.2, -0.15) is 0 Å². The minimum atomic E-state index is -0.664. The minimum absolute atomic E-state index is 0.0281. The molecule has 0 aliphatic carbocycles. The van der Waals surface area contributed by atoms with Crippen LogP contribution in [0.2, 0.25) is 0 Å². The van der Waals surface area contributed by atoms with Crippen LogP contribution in [0.15, 0.2) is 42.1 Å². The van der Waals surface area contributed by atoms with Crippen molar-refractivity contribution in [1.82, 2.24) is 0 Å². The molecule has 0 saturated heterocycles. The van der Waals surface area contributed by atoms with Crippen LogP contribution in [-0.4, -0.2) is 23.1 Å². The van der Waals surface area contributed by atoms with Crippen molar-refractivity contribution in [2.24, 2.45) is 0 Å². The summed E-state index contributed by atoms with van der Waals surface area (Å²) in [5.74, 6) is -1.23. The summed E-state index contributed by atoms with van der Waals surface area (Å²) in [5.41, 5.74) is -0.601. The van der Waals surface area contributed by atoms with E-state index in [4.69, 9.17) is 9.47 Å². The van der Waals surface area contributed by atoms with E-state index in [1.807, 2.05) is 18.2 Å². The fourth-order valence-electron chi connectivity index (χ4n) is 1.61. The van der Waals surface area contributed by atoms with E-state index in [2.05, 4.69) is 5.32 Å². The Morgan fingerprint density at radius 3 is 1.91 bits per heavy atom. The van der Waals surface area contributed by atoms with Crippen molar-refractivity contribution in [3.8, 4) is 0 Å². The average molecular weight is 319 g/mol. The number of para-hydroxylation sites is 1. The number of carbonyl (C=O) groups excluding carboxylic acids is 2. The molecule has 5 heteroatoms. The van der Waals surface area contributed by atoms with Gasteiger partial charge in [0.05, 0.1) is 6.08 Å². The minimum Gasteiger partial charge on any atom is -0.457 e. The monoisotopic (exact) mass is 319 g/mol. The number of hydrogen-bond acceptors (Lipinski definition) is 5. The molecule has 0 unspecified atom stereocenters. The number of esters is 2. The van der Waals surface area contributed by atoms with Gasteiger partial charge in [0.2, 0.25) is 0 Å². The van der Waals surface area contributed by atoms with E-state index in [0.29, 0.717) is 5.69 Å². The fraction of sp³-hybridized carbons (Fsp3) is 0.444. The maximum absolute atomic E-state index is 12.3. The molecule has 23 heavy (non-hydrogen) atoms. The third-order valence-corrected chi connectivity index (χ3v) is 2.34. The first-order valence-electron chi connectivity index (χ1n) is 7.46. The summed E-state index contributed by atoms with van der Waals surface area (Å²) < 4.78 is 10.5. The third kappa shape index (κ3) is 8.04. The summed E-state index contributed by atoms with van der Waals surface area (Å²) in [6, 6.07) is 9.07. The highest BCUT2D eigenvalue weighted by Gasteiger charge is 2.22. The lowest BCUT2D eigenvalue weighted by Crippen LogP contribution is -2.28. The topological polar surface area (TPSA) is 64.6 Å². The standard InChI is InChI=1S/C18H25NO4/c1-17(2,3)22-15(20)12-14(16(21)23-18(4,5)6)19-13-10-8-7-9-11-13/h7-12,19H,1-6H3/b14-12+. The van der Waals surface area contributed by atoms with Crippen LogP contribution in [0.1, 0.15) is 41.5 Å². The Morgan fingerprint density at radius 1 is 0.913 bits per heavy atom. The van der Waals surface area contributed by atoms with Gasteiger partial charge in [-0.05, 0) is 53.7 Å². The number of nitrogens with one attached hydrogen (secondary N) is 1. The Bertz CT molecular complexity index is 577. The van der Waals surface area contributed by atoms with E-state index >= 15 is 0 Å². The van der Waals surface area contributed by atoms with Crippen LogP contribution in [0, 0.1) is 0 Å². The molecule has 1 aromatic rings. The number of rotatable bonds is 4. The van der Waals surface area contributed by atoms with Gasteiger partial charge < -0.3 is 14.8 Å². The lowest BCUT2D eigenvalue weighted by Gasteiger charge is -2.22. The smallest absolute Gasteiger partial charge is 0.355 e. The maximum Gasteiger partial charge on any atom is 0.355 e. The summed E-state index contributed by atoms with van der Waals surface area (Å²) in [5, 5.41) is 2.90. The van der Waals surface area contributed by atoms with Crippen molar-refractivity contribution in [2.45, 2.75) is 52.7 Å². The first kappa shape index (κ1) is 18.7. The molecule has 0 fully saturated rings. The second kappa shape index (κ2) is 7.31. The van der Waals surface area contributed by atoms with Gasteiger partial charge in [-0.15, -0.1) is 0 Å². The van der Waals surface area contributed by atoms with Crippen molar-refractivity contribution in [3.63, 3.8) is 0 Å². The molecule has 1 aromatic carbocycles. The van der Waals surface area contributed by atoms with Gasteiger partial charge in [0.1, 0.15) is 16.9 Å². The Labute approximate surface area is 137 Å². The SMILES string of the molecule is CC(C)(C)OC(=O)/C=C(/Nc1ccccc1)C(=O)OC(C)(C)C. The Balaban J connectivity index is 3.00. The highest BCUT2D eigenvalue weighted by Crippen LogP contribution is 2.16. The Hall–Kier alpha value is -2.30. The molecule has 5 nitrogen and oxygen atoms in total. The molecule has 1 N–H and O–H groups in total. The molecular weight excluding hydrogens is 294 g/mol. The maximum atomic E-state index is 12.3. The van der Waals surface area contributed by atoms with Crippen LogP contribution in [-0.2, 0) is 19.1 Å². The van der Waals surface area contributed by atoms with Crippen molar-refractivity contribution >= 4 is 17.6 Å². The molecule has 0 aromatic heterocycles. The molecule has 0 bridgehead atoms. The van der Waals surface area contributed by atoms with Gasteiger partial charge in [0, 0.05) is 5.69 Å². The van der Waals surface area contributed by atoms with Gasteiger partial charge >= 0.3 is 11.9 Å². The predicted molar refractivity (Wildman–Crippen MR) is 89.8 cm³/mol. The van der Waals surface area contributed by atoms with E-state index in [1.54, 1.807) is 53.7 Å². The average Bonchev–Trinajstić information content (AvgIpc) is 2.34. The zero-order chi connectivity index (χ0) is 17.7. The quantitative estimate of drug-likeness (QED) is 0.677. The zero-order valence-electron chi connectivity index (χ0n) is 14.6. The lowest BCUT2D eigenvalue weighted by molar-refractivity contribution is -0.152. The normalized spacial score (nSPS) is 12.5. The van der Waals surface area contributed by atoms with E-state index in [0.717, 1.165) is 6.08 Å². The van der Waals surface area contributed by atoms with E-state index in [1.165, 1.54) is 0 Å². The van der Waals surface area contributed by atoms with E-state index in [9.17, 15) is 9.59 Å². The molecule has 0 atom stereocenters. The van der Waals surface area contributed by atoms with Gasteiger partial charge in [0.25, 0.3) is 0 Å². The molecule has 0 spiro atoms. The Morgan fingerprint density at radius 2 is 1.43 bits per heavy atom. The first-order valence-corrected chi connectivity index (χ1v) is 7.46. The van der Waals surface area contributed by atoms with Crippen molar-refractivity contribution in [3.05, 3.63) is 42.1 Å². The van der Waals surface area contributed by atoms with Crippen molar-refractivity contribution in [2.75, 3.05) is 5.32 Å². The highest BCUT2D eigenvalue weighted by atomic mass is 16.6. The summed E-state index contributed by atoms with van der Waals surface area (Å²) in [6.07, 6.45) is 1.12. The summed E-state index contributed by atoms with van der Waals surface area (Å²) in [7, 11) is 0. The molecule has 0 aliphatic rings. The molecule has 126 valence electrons. The van der Waals surface area contributed by atoms with E-state index < -0.39 is 23.1 Å². The van der Waals surface area contributed by atoms with Crippen LogP contribution in [0.4, 0.5) is 5.69 Å². The first-order chi connectivity index (χ1) is 10.5. The lowest BCUT2D eigenvalue weighted by atomic mass is 10.2. The zero-order valence-corrected chi connectivity index (χ0v) is 14.6. The predicted octanol–water partition coefficient (Wildman–Crippen LogP) is 3.67. The second-order valence-electron chi connectivity index (χ2n) is 7.08. The summed E-state index contributed by atoms with van der Waals surface area (Å²) >= 11 is 0. The van der Waals surface area contributed by atoms with Crippen molar-refractivity contribution in [1.29, 1.82) is 0 Å². The van der Waals surface area contributed by atoms with Crippen LogP contribution >= 0.6 is 0 Å². The van der Waals surface area contributed by atoms with Gasteiger partial charge in [-0.25, -0.2) is 9.59 Å². The molecule has 0 saturated carbocycles. The van der Waals surface area contributed by atoms with Crippen LogP contribution < -0.4 is 5.32 Å². The number of benzene rings is 1. The van der Waals surface area contributed by atoms with Crippen LogP contribution in [0.3, 0.4) is 0 Å². The molecular formula is C18H25NO4. The van der Waals surface area contributed by atoms with Gasteiger partial charge in [-0.1, -0.05) is 18.2 Å². The molecule has 0 amide bonds.